The van der Waals surface area contributed by atoms with E-state index < -0.39 is 6.10 Å². The van der Waals surface area contributed by atoms with Gasteiger partial charge in [0.2, 0.25) is 5.91 Å². The van der Waals surface area contributed by atoms with Crippen molar-refractivity contribution in [2.45, 2.75) is 25.4 Å². The van der Waals surface area contributed by atoms with Gasteiger partial charge >= 0.3 is 0 Å². The van der Waals surface area contributed by atoms with Crippen molar-refractivity contribution in [1.82, 2.24) is 0 Å². The van der Waals surface area contributed by atoms with Crippen molar-refractivity contribution in [2.24, 2.45) is 0 Å². The molecule has 0 radical (unpaired) electrons. The van der Waals surface area contributed by atoms with Crippen molar-refractivity contribution in [3.8, 4) is 0 Å². The van der Waals surface area contributed by atoms with Crippen LogP contribution in [0.1, 0.15) is 35.6 Å². The van der Waals surface area contributed by atoms with E-state index in [1.165, 1.54) is 2.88 Å². The van der Waals surface area contributed by atoms with Gasteiger partial charge in [-0.15, -0.1) is 11.3 Å². The number of carbonyl (C=O) groups is 1. The van der Waals surface area contributed by atoms with Crippen LogP contribution in [0.4, 0.5) is 5.69 Å². The molecule has 0 saturated heterocycles. The van der Waals surface area contributed by atoms with Crippen LogP contribution in [0.2, 0.25) is 0 Å². The summed E-state index contributed by atoms with van der Waals surface area (Å²) in [5, 5.41) is 15.3. The van der Waals surface area contributed by atoms with E-state index in [0.717, 1.165) is 35.2 Å². The molecule has 0 fully saturated rings. The molecule has 1 aromatic heterocycles. The minimum Gasteiger partial charge on any atom is -0.384 e. The molecule has 1 aromatic carbocycles. The van der Waals surface area contributed by atoms with E-state index >= 15 is 0 Å². The van der Waals surface area contributed by atoms with Gasteiger partial charge in [-0.25, -0.2) is 0 Å². The summed E-state index contributed by atoms with van der Waals surface area (Å²) in [6.07, 6.45) is 1.69. The summed E-state index contributed by atoms with van der Waals surface area (Å²) < 4.78 is 1.17. The SMILES string of the molecule is O=C1CCCc2cc(C(O)c3csc(I)c3)ccc2N1. The van der Waals surface area contributed by atoms with E-state index in [0.29, 0.717) is 6.42 Å². The van der Waals surface area contributed by atoms with E-state index in [1.807, 2.05) is 29.6 Å². The van der Waals surface area contributed by atoms with Crippen LogP contribution in [-0.2, 0) is 11.2 Å². The maximum Gasteiger partial charge on any atom is 0.224 e. The molecular weight excluding hydrogens is 385 g/mol. The number of benzene rings is 1. The maximum atomic E-state index is 11.5. The Bertz CT molecular complexity index is 653. The van der Waals surface area contributed by atoms with Gasteiger partial charge < -0.3 is 10.4 Å². The number of rotatable bonds is 2. The second kappa shape index (κ2) is 5.83. The normalized spacial score (nSPS) is 16.2. The van der Waals surface area contributed by atoms with Gasteiger partial charge in [0.05, 0.1) is 2.88 Å². The standard InChI is InChI=1S/C15H14INO2S/c16-13-7-11(8-20-13)15(19)10-4-5-12-9(6-10)2-1-3-14(18)17-12/h4-8,15,19H,1-3H2,(H,17,18). The maximum absolute atomic E-state index is 11.5. The molecule has 0 saturated carbocycles. The number of aryl methyl sites for hydroxylation is 1. The number of aliphatic hydroxyl groups excluding tert-OH is 1. The molecule has 2 heterocycles. The molecule has 0 bridgehead atoms. The van der Waals surface area contributed by atoms with Gasteiger partial charge in [-0.3, -0.25) is 4.79 Å². The van der Waals surface area contributed by atoms with Gasteiger partial charge in [-0.1, -0.05) is 12.1 Å². The Hall–Kier alpha value is -0.920. The minimum atomic E-state index is -0.598. The molecule has 3 nitrogen and oxygen atoms in total. The predicted molar refractivity (Wildman–Crippen MR) is 89.1 cm³/mol. The fourth-order valence-electron chi connectivity index (χ4n) is 2.42. The number of fused-ring (bicyclic) bond motifs is 1. The zero-order valence-electron chi connectivity index (χ0n) is 10.7. The van der Waals surface area contributed by atoms with Gasteiger partial charge in [0, 0.05) is 12.1 Å². The van der Waals surface area contributed by atoms with Crippen molar-refractivity contribution in [3.63, 3.8) is 0 Å². The first-order valence-electron chi connectivity index (χ1n) is 6.48. The summed E-state index contributed by atoms with van der Waals surface area (Å²) in [6.45, 7) is 0. The summed E-state index contributed by atoms with van der Waals surface area (Å²) in [5.74, 6) is 0.0736. The number of carbonyl (C=O) groups excluding carboxylic acids is 1. The first-order chi connectivity index (χ1) is 9.63. The highest BCUT2D eigenvalue weighted by atomic mass is 127. The van der Waals surface area contributed by atoms with Crippen LogP contribution >= 0.6 is 33.9 Å². The highest BCUT2D eigenvalue weighted by molar-refractivity contribution is 14.1. The van der Waals surface area contributed by atoms with Crippen LogP contribution < -0.4 is 5.32 Å². The lowest BCUT2D eigenvalue weighted by Crippen LogP contribution is -2.09. The first-order valence-corrected chi connectivity index (χ1v) is 8.44. The third kappa shape index (κ3) is 2.89. The van der Waals surface area contributed by atoms with Crippen LogP contribution in [0.25, 0.3) is 0 Å². The summed E-state index contributed by atoms with van der Waals surface area (Å²) in [5.41, 5.74) is 3.80. The summed E-state index contributed by atoms with van der Waals surface area (Å²) in [7, 11) is 0. The third-order valence-electron chi connectivity index (χ3n) is 3.47. The molecule has 1 atom stereocenters. The zero-order chi connectivity index (χ0) is 14.1. The van der Waals surface area contributed by atoms with Crippen molar-refractivity contribution in [1.29, 1.82) is 0 Å². The average Bonchev–Trinajstić information content (AvgIpc) is 2.77. The Labute approximate surface area is 135 Å². The van der Waals surface area contributed by atoms with Gasteiger partial charge in [-0.05, 0) is 69.6 Å². The number of anilines is 1. The summed E-state index contributed by atoms with van der Waals surface area (Å²) >= 11 is 3.88. The lowest BCUT2D eigenvalue weighted by atomic mass is 9.99. The molecule has 1 amide bonds. The number of hydrogen-bond donors (Lipinski definition) is 2. The molecule has 104 valence electrons. The van der Waals surface area contributed by atoms with Crippen LogP contribution in [0.15, 0.2) is 29.6 Å². The molecule has 0 spiro atoms. The van der Waals surface area contributed by atoms with E-state index in [-0.39, 0.29) is 5.91 Å². The van der Waals surface area contributed by atoms with Crippen molar-refractivity contribution in [2.75, 3.05) is 5.32 Å². The molecule has 1 aliphatic heterocycles. The number of halogens is 1. The number of amides is 1. The molecule has 2 aromatic rings. The van der Waals surface area contributed by atoms with Crippen molar-refractivity contribution < 1.29 is 9.90 Å². The van der Waals surface area contributed by atoms with Crippen LogP contribution in [0.3, 0.4) is 0 Å². The third-order valence-corrected chi connectivity index (χ3v) is 5.28. The van der Waals surface area contributed by atoms with Crippen LogP contribution in [0.5, 0.6) is 0 Å². The fourth-order valence-corrected chi connectivity index (χ4v) is 3.81. The number of aliphatic hydroxyl groups is 1. The number of hydrogen-bond acceptors (Lipinski definition) is 3. The number of nitrogens with one attached hydrogen (secondary N) is 1. The Balaban J connectivity index is 1.92. The summed E-state index contributed by atoms with van der Waals surface area (Å²) in [6, 6.07) is 7.80. The van der Waals surface area contributed by atoms with Crippen molar-refractivity contribution >= 4 is 45.5 Å². The van der Waals surface area contributed by atoms with Gasteiger partial charge in [0.1, 0.15) is 6.10 Å². The molecule has 5 heteroatoms. The quantitative estimate of drug-likeness (QED) is 0.757. The second-order valence-electron chi connectivity index (χ2n) is 4.91. The van der Waals surface area contributed by atoms with E-state index in [4.69, 9.17) is 0 Å². The lowest BCUT2D eigenvalue weighted by molar-refractivity contribution is -0.116. The number of thiophene rings is 1. The molecule has 1 aliphatic rings. The van der Waals surface area contributed by atoms with E-state index in [2.05, 4.69) is 27.9 Å². The molecule has 3 rings (SSSR count). The Kier molecular flexibility index (Phi) is 4.09. The van der Waals surface area contributed by atoms with Gasteiger partial charge in [-0.2, -0.15) is 0 Å². The smallest absolute Gasteiger partial charge is 0.224 e. The molecular formula is C15H14INO2S. The molecule has 20 heavy (non-hydrogen) atoms. The zero-order valence-corrected chi connectivity index (χ0v) is 13.7. The van der Waals surface area contributed by atoms with Gasteiger partial charge in [0.25, 0.3) is 0 Å². The monoisotopic (exact) mass is 399 g/mol. The molecule has 0 aliphatic carbocycles. The largest absolute Gasteiger partial charge is 0.384 e. The van der Waals surface area contributed by atoms with E-state index in [1.54, 1.807) is 11.3 Å². The molecule has 1 unspecified atom stereocenters. The van der Waals surface area contributed by atoms with Crippen molar-refractivity contribution in [3.05, 3.63) is 49.2 Å². The lowest BCUT2D eigenvalue weighted by Gasteiger charge is -2.13. The average molecular weight is 399 g/mol. The van der Waals surface area contributed by atoms with Crippen LogP contribution in [-0.4, -0.2) is 11.0 Å². The first kappa shape index (κ1) is 14.0. The fraction of sp³-hybridized carbons (Fsp3) is 0.267. The summed E-state index contributed by atoms with van der Waals surface area (Å²) in [4.78, 5) is 11.5. The second-order valence-corrected chi connectivity index (χ2v) is 7.71. The highest BCUT2D eigenvalue weighted by Crippen LogP contribution is 2.31. The van der Waals surface area contributed by atoms with Gasteiger partial charge in [0.15, 0.2) is 0 Å². The minimum absolute atomic E-state index is 0.0736. The Morgan fingerprint density at radius 2 is 2.10 bits per heavy atom. The van der Waals surface area contributed by atoms with E-state index in [9.17, 15) is 9.90 Å². The Morgan fingerprint density at radius 1 is 1.25 bits per heavy atom. The highest BCUT2D eigenvalue weighted by Gasteiger charge is 2.17. The Morgan fingerprint density at radius 3 is 2.85 bits per heavy atom. The molecule has 2 N–H and O–H groups in total. The van der Waals surface area contributed by atoms with Crippen LogP contribution in [0, 0.1) is 2.88 Å². The predicted octanol–water partition coefficient (Wildman–Crippen LogP) is 3.71. The topological polar surface area (TPSA) is 49.3 Å².